The van der Waals surface area contributed by atoms with Gasteiger partial charge < -0.3 is 5.32 Å². The number of aryl methyl sites for hydroxylation is 2. The third-order valence-electron chi connectivity index (χ3n) is 4.25. The molecule has 3 rings (SSSR count). The van der Waals surface area contributed by atoms with Crippen LogP contribution in [0.2, 0.25) is 0 Å². The van der Waals surface area contributed by atoms with Gasteiger partial charge in [0, 0.05) is 26.1 Å². The largest absolute Gasteiger partial charge is 0.356 e. The Morgan fingerprint density at radius 1 is 1.12 bits per heavy atom. The van der Waals surface area contributed by atoms with Crippen LogP contribution in [0.25, 0.3) is 11.0 Å². The van der Waals surface area contributed by atoms with Crippen LogP contribution >= 0.6 is 11.3 Å². The Hall–Kier alpha value is -2.34. The van der Waals surface area contributed by atoms with Crippen LogP contribution in [0.5, 0.6) is 0 Å². The average Bonchev–Trinajstić information content (AvgIpc) is 3.21. The number of carbonyl (C=O) groups is 1. The first-order chi connectivity index (χ1) is 12.2. The summed E-state index contributed by atoms with van der Waals surface area (Å²) >= 11 is 1.66. The highest BCUT2D eigenvalue weighted by molar-refractivity contribution is 7.07. The number of benzene rings is 1. The average molecular weight is 357 g/mol. The SMILES string of the molecule is CCCn1c(=O)n(CCC(=O)NCCc2ccsc2)c2ccccc21. The van der Waals surface area contributed by atoms with E-state index < -0.39 is 0 Å². The summed E-state index contributed by atoms with van der Waals surface area (Å²) in [6.07, 6.45) is 2.05. The van der Waals surface area contributed by atoms with Crippen LogP contribution in [0.15, 0.2) is 45.9 Å². The van der Waals surface area contributed by atoms with Gasteiger partial charge >= 0.3 is 5.69 Å². The van der Waals surface area contributed by atoms with Crippen LogP contribution in [0.4, 0.5) is 0 Å². The number of imidazole rings is 1. The van der Waals surface area contributed by atoms with Crippen molar-refractivity contribution in [1.29, 1.82) is 0 Å². The molecule has 0 atom stereocenters. The van der Waals surface area contributed by atoms with Gasteiger partial charge in [0.15, 0.2) is 0 Å². The van der Waals surface area contributed by atoms with Crippen molar-refractivity contribution in [3.8, 4) is 0 Å². The predicted molar refractivity (Wildman–Crippen MR) is 102 cm³/mol. The molecule has 0 spiro atoms. The molecule has 0 aliphatic carbocycles. The Morgan fingerprint density at radius 2 is 1.84 bits per heavy atom. The van der Waals surface area contributed by atoms with Crippen LogP contribution in [-0.2, 0) is 24.3 Å². The molecule has 2 heterocycles. The molecule has 0 radical (unpaired) electrons. The van der Waals surface area contributed by atoms with E-state index in [1.165, 1.54) is 5.56 Å². The minimum Gasteiger partial charge on any atom is -0.356 e. The Balaban J connectivity index is 1.63. The molecular formula is C19H23N3O2S. The number of para-hydroxylation sites is 2. The highest BCUT2D eigenvalue weighted by atomic mass is 32.1. The summed E-state index contributed by atoms with van der Waals surface area (Å²) in [5.41, 5.74) is 3.04. The fraction of sp³-hybridized carbons (Fsp3) is 0.368. The number of thiophene rings is 1. The van der Waals surface area contributed by atoms with Gasteiger partial charge in [0.25, 0.3) is 0 Å². The van der Waals surface area contributed by atoms with E-state index in [-0.39, 0.29) is 11.6 Å². The van der Waals surface area contributed by atoms with E-state index in [0.717, 1.165) is 23.9 Å². The second kappa shape index (κ2) is 8.16. The monoisotopic (exact) mass is 357 g/mol. The minimum atomic E-state index is -0.0332. The molecule has 3 aromatic rings. The number of hydrogen-bond donors (Lipinski definition) is 1. The first-order valence-electron chi connectivity index (χ1n) is 8.66. The first kappa shape index (κ1) is 17.5. The lowest BCUT2D eigenvalue weighted by atomic mass is 10.2. The third kappa shape index (κ3) is 4.02. The quantitative estimate of drug-likeness (QED) is 0.674. The standard InChI is InChI=1S/C19H23N3O2S/c1-2-11-21-16-5-3-4-6-17(16)22(19(21)24)12-8-18(23)20-10-7-15-9-13-25-14-15/h3-6,9,13-14H,2,7-8,10-12H2,1H3,(H,20,23). The normalized spacial score (nSPS) is 11.1. The molecule has 0 saturated carbocycles. The van der Waals surface area contributed by atoms with Gasteiger partial charge in [0.1, 0.15) is 0 Å². The van der Waals surface area contributed by atoms with Crippen LogP contribution in [0.3, 0.4) is 0 Å². The Labute approximate surface area is 150 Å². The molecule has 1 aromatic carbocycles. The highest BCUT2D eigenvalue weighted by Gasteiger charge is 2.13. The molecule has 0 aliphatic rings. The smallest absolute Gasteiger partial charge is 0.329 e. The summed E-state index contributed by atoms with van der Waals surface area (Å²) in [6, 6.07) is 9.84. The van der Waals surface area contributed by atoms with E-state index in [4.69, 9.17) is 0 Å². The van der Waals surface area contributed by atoms with Gasteiger partial charge in [-0.15, -0.1) is 0 Å². The van der Waals surface area contributed by atoms with Gasteiger partial charge in [-0.25, -0.2) is 4.79 Å². The van der Waals surface area contributed by atoms with Gasteiger partial charge in [0.2, 0.25) is 5.91 Å². The van der Waals surface area contributed by atoms with Gasteiger partial charge in [-0.05, 0) is 47.4 Å². The minimum absolute atomic E-state index is 0.0190. The van der Waals surface area contributed by atoms with E-state index >= 15 is 0 Å². The van der Waals surface area contributed by atoms with Crippen LogP contribution < -0.4 is 11.0 Å². The molecule has 6 heteroatoms. The third-order valence-corrected chi connectivity index (χ3v) is 4.98. The molecule has 0 unspecified atom stereocenters. The van der Waals surface area contributed by atoms with E-state index in [1.54, 1.807) is 20.5 Å². The Morgan fingerprint density at radius 3 is 2.48 bits per heavy atom. The number of amides is 1. The molecule has 1 N–H and O–H groups in total. The van der Waals surface area contributed by atoms with Crippen LogP contribution in [0.1, 0.15) is 25.3 Å². The molecule has 0 fully saturated rings. The summed E-state index contributed by atoms with van der Waals surface area (Å²) in [4.78, 5) is 24.7. The molecule has 1 amide bonds. The fourth-order valence-corrected chi connectivity index (χ4v) is 3.71. The van der Waals surface area contributed by atoms with Crippen molar-refractivity contribution in [1.82, 2.24) is 14.5 Å². The zero-order chi connectivity index (χ0) is 17.6. The number of nitrogens with zero attached hydrogens (tertiary/aromatic N) is 2. The van der Waals surface area contributed by atoms with Crippen molar-refractivity contribution in [2.75, 3.05) is 6.54 Å². The number of aromatic nitrogens is 2. The second-order valence-corrected chi connectivity index (χ2v) is 6.84. The van der Waals surface area contributed by atoms with Gasteiger partial charge in [-0.1, -0.05) is 19.1 Å². The van der Waals surface area contributed by atoms with E-state index in [9.17, 15) is 9.59 Å². The van der Waals surface area contributed by atoms with Crippen molar-refractivity contribution in [2.24, 2.45) is 0 Å². The molecule has 25 heavy (non-hydrogen) atoms. The zero-order valence-electron chi connectivity index (χ0n) is 14.4. The lowest BCUT2D eigenvalue weighted by Crippen LogP contribution is -2.29. The maximum absolute atomic E-state index is 12.7. The van der Waals surface area contributed by atoms with Crippen molar-refractivity contribution in [3.05, 3.63) is 57.1 Å². The highest BCUT2D eigenvalue weighted by Crippen LogP contribution is 2.13. The fourth-order valence-electron chi connectivity index (χ4n) is 3.01. The van der Waals surface area contributed by atoms with Gasteiger partial charge in [-0.3, -0.25) is 13.9 Å². The Kier molecular flexibility index (Phi) is 5.71. The summed E-state index contributed by atoms with van der Waals surface area (Å²) in [7, 11) is 0. The van der Waals surface area contributed by atoms with E-state index in [2.05, 4.69) is 23.7 Å². The summed E-state index contributed by atoms with van der Waals surface area (Å²) in [5, 5.41) is 7.06. The predicted octanol–water partition coefficient (Wildman–Crippen LogP) is 3.02. The number of nitrogens with one attached hydrogen (secondary N) is 1. The molecule has 2 aromatic heterocycles. The van der Waals surface area contributed by atoms with Crippen LogP contribution in [0, 0.1) is 0 Å². The lowest BCUT2D eigenvalue weighted by molar-refractivity contribution is -0.121. The van der Waals surface area contributed by atoms with E-state index in [1.807, 2.05) is 29.6 Å². The zero-order valence-corrected chi connectivity index (χ0v) is 15.2. The maximum atomic E-state index is 12.7. The summed E-state index contributed by atoms with van der Waals surface area (Å²) in [5.74, 6) is -0.0190. The molecule has 0 saturated heterocycles. The molecule has 0 aliphatic heterocycles. The van der Waals surface area contributed by atoms with Gasteiger partial charge in [-0.2, -0.15) is 11.3 Å². The molecule has 0 bridgehead atoms. The molecular weight excluding hydrogens is 334 g/mol. The van der Waals surface area contributed by atoms with Crippen molar-refractivity contribution < 1.29 is 4.79 Å². The van der Waals surface area contributed by atoms with Crippen molar-refractivity contribution in [3.63, 3.8) is 0 Å². The first-order valence-corrected chi connectivity index (χ1v) is 9.61. The number of hydrogen-bond acceptors (Lipinski definition) is 3. The van der Waals surface area contributed by atoms with Crippen LogP contribution in [-0.4, -0.2) is 21.6 Å². The summed E-state index contributed by atoms with van der Waals surface area (Å²) in [6.45, 7) is 3.78. The van der Waals surface area contributed by atoms with E-state index in [0.29, 0.717) is 26.1 Å². The number of rotatable bonds is 8. The van der Waals surface area contributed by atoms with Crippen molar-refractivity contribution in [2.45, 2.75) is 39.3 Å². The van der Waals surface area contributed by atoms with Crippen molar-refractivity contribution >= 4 is 28.3 Å². The summed E-state index contributed by atoms with van der Waals surface area (Å²) < 4.78 is 3.51. The topological polar surface area (TPSA) is 56.0 Å². The Bertz CT molecular complexity index is 893. The van der Waals surface area contributed by atoms with Gasteiger partial charge in [0.05, 0.1) is 11.0 Å². The number of fused-ring (bicyclic) bond motifs is 1. The molecule has 132 valence electrons. The number of carbonyl (C=O) groups excluding carboxylic acids is 1. The maximum Gasteiger partial charge on any atom is 0.329 e. The molecule has 5 nitrogen and oxygen atoms in total. The second-order valence-electron chi connectivity index (χ2n) is 6.06. The lowest BCUT2D eigenvalue weighted by Gasteiger charge is -2.05.